The summed E-state index contributed by atoms with van der Waals surface area (Å²) in [4.78, 5) is 24.6. The maximum Gasteiger partial charge on any atom is 0.311 e. The van der Waals surface area contributed by atoms with Crippen LogP contribution in [0.1, 0.15) is 68.2 Å². The number of esters is 1. The van der Waals surface area contributed by atoms with Gasteiger partial charge in [0.15, 0.2) is 5.79 Å². The van der Waals surface area contributed by atoms with E-state index in [1.807, 2.05) is 34.6 Å². The number of aliphatic hydroxyl groups is 2. The SMILES string of the molecule is CCC(=O)[C@H](C)[C@H](O)[C@H](C)C(=O)O[C@@H]1[C@H](C)[C@@H](C(C)C)O[C@@](O)(CC)[C@@H]1C. The van der Waals surface area contributed by atoms with Crippen LogP contribution in [0.15, 0.2) is 0 Å². The minimum Gasteiger partial charge on any atom is -0.461 e. The fraction of sp³-hybridized carbons (Fsp3) is 0.905. The van der Waals surface area contributed by atoms with E-state index in [1.165, 1.54) is 0 Å². The molecule has 0 aromatic rings. The Morgan fingerprint density at radius 2 is 1.67 bits per heavy atom. The van der Waals surface area contributed by atoms with Gasteiger partial charge in [-0.1, -0.05) is 48.5 Å². The van der Waals surface area contributed by atoms with Gasteiger partial charge in [0.25, 0.3) is 0 Å². The van der Waals surface area contributed by atoms with Crippen molar-refractivity contribution >= 4 is 11.8 Å². The number of ether oxygens (including phenoxy) is 2. The van der Waals surface area contributed by atoms with Crippen molar-refractivity contribution in [2.45, 2.75) is 92.3 Å². The maximum absolute atomic E-state index is 12.7. The molecule has 0 radical (unpaired) electrons. The summed E-state index contributed by atoms with van der Waals surface area (Å²) >= 11 is 0. The number of hydrogen-bond donors (Lipinski definition) is 2. The summed E-state index contributed by atoms with van der Waals surface area (Å²) in [7, 11) is 0. The summed E-state index contributed by atoms with van der Waals surface area (Å²) in [6.45, 7) is 14.6. The molecule has 0 amide bonds. The zero-order valence-electron chi connectivity index (χ0n) is 18.1. The summed E-state index contributed by atoms with van der Waals surface area (Å²) in [5, 5.41) is 21.3. The lowest BCUT2D eigenvalue weighted by Gasteiger charge is -2.50. The highest BCUT2D eigenvalue weighted by atomic mass is 16.6. The number of rotatable bonds is 8. The van der Waals surface area contributed by atoms with Gasteiger partial charge in [-0.15, -0.1) is 0 Å². The molecule has 1 fully saturated rings. The van der Waals surface area contributed by atoms with Crippen LogP contribution in [0, 0.1) is 29.6 Å². The van der Waals surface area contributed by atoms with Gasteiger partial charge in [-0.25, -0.2) is 0 Å². The second kappa shape index (κ2) is 9.48. The molecule has 0 saturated carbocycles. The number of aliphatic hydroxyl groups excluding tert-OH is 1. The molecule has 6 nitrogen and oxygen atoms in total. The highest BCUT2D eigenvalue weighted by Crippen LogP contribution is 2.42. The van der Waals surface area contributed by atoms with E-state index in [4.69, 9.17) is 9.47 Å². The van der Waals surface area contributed by atoms with Gasteiger partial charge in [-0.2, -0.15) is 0 Å². The number of hydrogen-bond acceptors (Lipinski definition) is 6. The van der Waals surface area contributed by atoms with E-state index >= 15 is 0 Å². The topological polar surface area (TPSA) is 93.1 Å². The molecule has 8 atom stereocenters. The normalized spacial score (nSPS) is 34.8. The molecule has 1 rings (SSSR count). The average molecular weight is 387 g/mol. The first-order valence-electron chi connectivity index (χ1n) is 10.2. The van der Waals surface area contributed by atoms with Crippen molar-refractivity contribution < 1.29 is 29.3 Å². The van der Waals surface area contributed by atoms with Gasteiger partial charge in [-0.05, 0) is 19.3 Å². The Morgan fingerprint density at radius 1 is 1.11 bits per heavy atom. The summed E-state index contributed by atoms with van der Waals surface area (Å²) in [5.74, 6) is -3.81. The molecule has 6 heteroatoms. The van der Waals surface area contributed by atoms with Crippen LogP contribution in [0.3, 0.4) is 0 Å². The fourth-order valence-corrected chi connectivity index (χ4v) is 4.03. The van der Waals surface area contributed by atoms with Gasteiger partial charge >= 0.3 is 5.97 Å². The van der Waals surface area contributed by atoms with Crippen molar-refractivity contribution in [2.75, 3.05) is 0 Å². The highest BCUT2D eigenvalue weighted by Gasteiger charge is 2.52. The molecule has 1 aliphatic heterocycles. The molecule has 0 unspecified atom stereocenters. The molecule has 158 valence electrons. The van der Waals surface area contributed by atoms with E-state index in [2.05, 4.69) is 0 Å². The number of Topliss-reactive ketones (excluding diaryl/α,β-unsaturated/α-hetero) is 1. The third-order valence-corrected chi connectivity index (χ3v) is 6.25. The first-order valence-corrected chi connectivity index (χ1v) is 10.2. The van der Waals surface area contributed by atoms with Crippen molar-refractivity contribution in [1.29, 1.82) is 0 Å². The lowest BCUT2D eigenvalue weighted by Crippen LogP contribution is -2.59. The van der Waals surface area contributed by atoms with Crippen LogP contribution in [0.25, 0.3) is 0 Å². The van der Waals surface area contributed by atoms with Crippen LogP contribution < -0.4 is 0 Å². The molecule has 1 saturated heterocycles. The predicted molar refractivity (Wildman–Crippen MR) is 103 cm³/mol. The van der Waals surface area contributed by atoms with Crippen LogP contribution in [-0.2, 0) is 19.1 Å². The Kier molecular flexibility index (Phi) is 8.45. The second-order valence-electron chi connectivity index (χ2n) is 8.46. The summed E-state index contributed by atoms with van der Waals surface area (Å²) < 4.78 is 11.8. The Balaban J connectivity index is 2.98. The molecule has 2 N–H and O–H groups in total. The van der Waals surface area contributed by atoms with Gasteiger partial charge in [0.1, 0.15) is 11.9 Å². The van der Waals surface area contributed by atoms with Crippen molar-refractivity contribution in [3.8, 4) is 0 Å². The van der Waals surface area contributed by atoms with Gasteiger partial charge < -0.3 is 19.7 Å². The molecule has 0 aliphatic carbocycles. The monoisotopic (exact) mass is 386 g/mol. The first-order chi connectivity index (χ1) is 12.4. The largest absolute Gasteiger partial charge is 0.461 e. The maximum atomic E-state index is 12.7. The Hall–Kier alpha value is -0.980. The minimum atomic E-state index is -1.36. The zero-order valence-corrected chi connectivity index (χ0v) is 18.1. The fourth-order valence-electron chi connectivity index (χ4n) is 4.03. The van der Waals surface area contributed by atoms with E-state index in [-0.39, 0.29) is 23.7 Å². The van der Waals surface area contributed by atoms with Crippen molar-refractivity contribution in [2.24, 2.45) is 29.6 Å². The lowest BCUT2D eigenvalue weighted by atomic mass is 9.76. The molecule has 0 spiro atoms. The second-order valence-corrected chi connectivity index (χ2v) is 8.46. The number of carbonyl (C=O) groups excluding carboxylic acids is 2. The van der Waals surface area contributed by atoms with Crippen LogP contribution in [0.4, 0.5) is 0 Å². The summed E-state index contributed by atoms with van der Waals surface area (Å²) in [5.41, 5.74) is 0. The molecular weight excluding hydrogens is 348 g/mol. The molecule has 27 heavy (non-hydrogen) atoms. The van der Waals surface area contributed by atoms with Gasteiger partial charge in [0.2, 0.25) is 0 Å². The van der Waals surface area contributed by atoms with Crippen molar-refractivity contribution in [3.05, 3.63) is 0 Å². The molecule has 0 bridgehead atoms. The zero-order chi connectivity index (χ0) is 21.1. The van der Waals surface area contributed by atoms with Crippen LogP contribution in [0.2, 0.25) is 0 Å². The summed E-state index contributed by atoms with van der Waals surface area (Å²) in [6.07, 6.45) is -1.17. The predicted octanol–water partition coefficient (Wildman–Crippen LogP) is 2.94. The Labute approximate surface area is 163 Å². The van der Waals surface area contributed by atoms with E-state index < -0.39 is 41.7 Å². The van der Waals surface area contributed by atoms with Crippen LogP contribution in [0.5, 0.6) is 0 Å². The standard InChI is InChI=1S/C21H38O6/c1-9-16(22)12(5)17(23)13(6)20(24)26-19-14(7)18(11(3)4)27-21(25,10-2)15(19)8/h11-15,17-19,23,25H,9-10H2,1-8H3/t12-,13-,14+,15+,17-,18+,19+,21-/m0/s1. The number of carbonyl (C=O) groups is 2. The van der Waals surface area contributed by atoms with E-state index in [0.29, 0.717) is 12.8 Å². The Bertz CT molecular complexity index is 519. The van der Waals surface area contributed by atoms with Gasteiger partial charge in [0, 0.05) is 24.2 Å². The van der Waals surface area contributed by atoms with E-state index in [9.17, 15) is 19.8 Å². The van der Waals surface area contributed by atoms with Crippen molar-refractivity contribution in [3.63, 3.8) is 0 Å². The third kappa shape index (κ3) is 5.09. The van der Waals surface area contributed by atoms with E-state index in [0.717, 1.165) is 0 Å². The molecular formula is C21H38O6. The van der Waals surface area contributed by atoms with Crippen molar-refractivity contribution in [1.82, 2.24) is 0 Å². The van der Waals surface area contributed by atoms with Gasteiger partial charge in [0.05, 0.1) is 18.1 Å². The van der Waals surface area contributed by atoms with Crippen LogP contribution >= 0.6 is 0 Å². The van der Waals surface area contributed by atoms with Crippen LogP contribution in [-0.4, -0.2) is 46.1 Å². The lowest BCUT2D eigenvalue weighted by molar-refractivity contribution is -0.326. The minimum absolute atomic E-state index is 0.0878. The molecule has 1 heterocycles. The summed E-state index contributed by atoms with van der Waals surface area (Å²) in [6, 6.07) is 0. The van der Waals surface area contributed by atoms with E-state index in [1.54, 1.807) is 20.8 Å². The Morgan fingerprint density at radius 3 is 2.11 bits per heavy atom. The molecule has 0 aromatic heterocycles. The number of ketones is 1. The smallest absolute Gasteiger partial charge is 0.311 e. The first kappa shape index (κ1) is 24.1. The molecule has 0 aromatic carbocycles. The van der Waals surface area contributed by atoms with Gasteiger partial charge in [-0.3, -0.25) is 9.59 Å². The molecule has 1 aliphatic rings. The average Bonchev–Trinajstić information content (AvgIpc) is 2.64. The third-order valence-electron chi connectivity index (χ3n) is 6.25. The quantitative estimate of drug-likeness (QED) is 0.623. The highest BCUT2D eigenvalue weighted by molar-refractivity contribution is 5.82.